The molecule has 1 spiro atoms. The zero-order valence-corrected chi connectivity index (χ0v) is 13.7. The van der Waals surface area contributed by atoms with Crippen molar-refractivity contribution in [1.29, 1.82) is 0 Å². The van der Waals surface area contributed by atoms with Crippen LogP contribution in [0.25, 0.3) is 0 Å². The highest BCUT2D eigenvalue weighted by Crippen LogP contribution is 2.75. The lowest BCUT2D eigenvalue weighted by atomic mass is 9.45. The molecule has 0 aromatic rings. The summed E-state index contributed by atoms with van der Waals surface area (Å²) in [5, 5.41) is 0. The number of rotatable bonds is 0. The zero-order valence-electron chi connectivity index (χ0n) is 13.7. The van der Waals surface area contributed by atoms with Gasteiger partial charge in [0.05, 0.1) is 6.10 Å². The van der Waals surface area contributed by atoms with E-state index in [0.29, 0.717) is 29.3 Å². The van der Waals surface area contributed by atoms with Crippen molar-refractivity contribution in [2.24, 2.45) is 28.6 Å². The number of fused-ring (bicyclic) bond motifs is 3. The van der Waals surface area contributed by atoms with Crippen molar-refractivity contribution in [3.05, 3.63) is 0 Å². The summed E-state index contributed by atoms with van der Waals surface area (Å²) in [5.41, 5.74) is 0.0515. The van der Waals surface area contributed by atoms with Crippen LogP contribution >= 0.6 is 0 Å². The number of ketones is 2. The van der Waals surface area contributed by atoms with E-state index in [2.05, 4.69) is 13.8 Å². The van der Waals surface area contributed by atoms with E-state index >= 15 is 0 Å². The van der Waals surface area contributed by atoms with E-state index in [9.17, 15) is 9.59 Å². The van der Waals surface area contributed by atoms with Gasteiger partial charge in [-0.2, -0.15) is 0 Å². The van der Waals surface area contributed by atoms with E-state index in [4.69, 9.17) is 4.74 Å². The minimum absolute atomic E-state index is 0.00537. The third-order valence-corrected chi connectivity index (χ3v) is 8.56. The third-order valence-electron chi connectivity index (χ3n) is 8.56. The molecule has 7 unspecified atom stereocenters. The van der Waals surface area contributed by atoms with Gasteiger partial charge in [-0.1, -0.05) is 13.8 Å². The summed E-state index contributed by atoms with van der Waals surface area (Å²) >= 11 is 0. The van der Waals surface area contributed by atoms with Crippen LogP contribution in [-0.4, -0.2) is 23.3 Å². The molecule has 120 valence electrons. The number of carbonyl (C=O) groups is 2. The first kappa shape index (κ1) is 13.7. The molecule has 0 aromatic carbocycles. The Balaban J connectivity index is 1.57. The molecule has 5 aliphatic rings. The summed E-state index contributed by atoms with van der Waals surface area (Å²) in [6.07, 6.45) is 7.88. The highest BCUT2D eigenvalue weighted by atomic mass is 16.6. The first-order valence-electron chi connectivity index (χ1n) is 9.15. The van der Waals surface area contributed by atoms with E-state index in [0.717, 1.165) is 51.4 Å². The van der Waals surface area contributed by atoms with Crippen molar-refractivity contribution >= 4 is 11.6 Å². The van der Waals surface area contributed by atoms with E-state index in [1.807, 2.05) is 0 Å². The SMILES string of the molecule is CC12CC3OC34C(CCC3CC(=O)CCC34C)C1CCC2=O. The van der Waals surface area contributed by atoms with E-state index in [-0.39, 0.29) is 22.5 Å². The maximum atomic E-state index is 12.5. The molecule has 0 amide bonds. The number of hydrogen-bond acceptors (Lipinski definition) is 3. The van der Waals surface area contributed by atoms with Crippen molar-refractivity contribution in [3.63, 3.8) is 0 Å². The lowest BCUT2D eigenvalue weighted by molar-refractivity contribution is -0.140. The molecule has 0 radical (unpaired) electrons. The van der Waals surface area contributed by atoms with E-state index in [1.54, 1.807) is 0 Å². The topological polar surface area (TPSA) is 46.7 Å². The van der Waals surface area contributed by atoms with Crippen molar-refractivity contribution in [2.45, 2.75) is 76.9 Å². The Hall–Kier alpha value is -0.700. The summed E-state index contributed by atoms with van der Waals surface area (Å²) in [5.74, 6) is 2.52. The van der Waals surface area contributed by atoms with Gasteiger partial charge in [-0.3, -0.25) is 9.59 Å². The van der Waals surface area contributed by atoms with Crippen LogP contribution in [0.4, 0.5) is 0 Å². The van der Waals surface area contributed by atoms with E-state index < -0.39 is 0 Å². The molecule has 1 heterocycles. The Bertz CT molecular complexity index is 583. The van der Waals surface area contributed by atoms with Gasteiger partial charge in [0, 0.05) is 30.1 Å². The molecule has 3 heteroatoms. The molecule has 0 bridgehead atoms. The van der Waals surface area contributed by atoms with E-state index in [1.165, 1.54) is 0 Å². The number of Topliss-reactive ketones (excluding diaryl/α,β-unsaturated/α-hetero) is 2. The van der Waals surface area contributed by atoms with Crippen LogP contribution in [-0.2, 0) is 14.3 Å². The lowest BCUT2D eigenvalue weighted by Gasteiger charge is -2.57. The number of carbonyl (C=O) groups excluding carboxylic acids is 2. The number of ether oxygens (including phenoxy) is 1. The second kappa shape index (κ2) is 3.85. The number of hydrogen-bond donors (Lipinski definition) is 0. The smallest absolute Gasteiger partial charge is 0.139 e. The average molecular weight is 302 g/mol. The van der Waals surface area contributed by atoms with Gasteiger partial charge in [0.1, 0.15) is 17.2 Å². The summed E-state index contributed by atoms with van der Waals surface area (Å²) in [6.45, 7) is 4.60. The van der Waals surface area contributed by atoms with Gasteiger partial charge in [-0.15, -0.1) is 0 Å². The molecule has 4 aliphatic carbocycles. The molecule has 0 N–H and O–H groups in total. The Labute approximate surface area is 132 Å². The lowest BCUT2D eigenvalue weighted by Crippen LogP contribution is -2.60. The maximum absolute atomic E-state index is 12.5. The van der Waals surface area contributed by atoms with Crippen LogP contribution in [0.1, 0.15) is 65.2 Å². The fraction of sp³-hybridized carbons (Fsp3) is 0.895. The van der Waals surface area contributed by atoms with Crippen LogP contribution in [0.2, 0.25) is 0 Å². The molecule has 5 rings (SSSR count). The van der Waals surface area contributed by atoms with Crippen LogP contribution in [0, 0.1) is 28.6 Å². The summed E-state index contributed by atoms with van der Waals surface area (Å²) in [6, 6.07) is 0. The van der Waals surface area contributed by atoms with Gasteiger partial charge < -0.3 is 4.74 Å². The molecule has 7 atom stereocenters. The highest BCUT2D eigenvalue weighted by molar-refractivity contribution is 5.87. The predicted molar refractivity (Wildman–Crippen MR) is 81.2 cm³/mol. The molecule has 1 aliphatic heterocycles. The average Bonchev–Trinajstić information content (AvgIpc) is 3.12. The van der Waals surface area contributed by atoms with Gasteiger partial charge in [0.15, 0.2) is 0 Å². The molecule has 22 heavy (non-hydrogen) atoms. The minimum atomic E-state index is -0.122. The molecule has 5 fully saturated rings. The normalized spacial score (nSPS) is 59.4. The van der Waals surface area contributed by atoms with Crippen molar-refractivity contribution < 1.29 is 14.3 Å². The zero-order chi connectivity index (χ0) is 15.3. The standard InChI is InChI=1S/C19H26O3/c1-17-10-16-19(22-16)14(13(17)5-6-15(17)21)4-3-11-9-12(20)7-8-18(11,19)2/h11,13-14,16H,3-10H2,1-2H3. The minimum Gasteiger partial charge on any atom is -0.365 e. The Morgan fingerprint density at radius 3 is 2.68 bits per heavy atom. The van der Waals surface area contributed by atoms with Gasteiger partial charge in [-0.25, -0.2) is 0 Å². The molecule has 0 aromatic heterocycles. The van der Waals surface area contributed by atoms with Crippen molar-refractivity contribution in [2.75, 3.05) is 0 Å². The molecule has 1 saturated heterocycles. The van der Waals surface area contributed by atoms with Gasteiger partial charge >= 0.3 is 0 Å². The molecular weight excluding hydrogens is 276 g/mol. The Kier molecular flexibility index (Phi) is 2.40. The third kappa shape index (κ3) is 1.31. The first-order chi connectivity index (χ1) is 10.4. The van der Waals surface area contributed by atoms with Crippen molar-refractivity contribution in [1.82, 2.24) is 0 Å². The second-order valence-corrected chi connectivity index (χ2v) is 9.13. The Morgan fingerprint density at radius 2 is 1.86 bits per heavy atom. The maximum Gasteiger partial charge on any atom is 0.139 e. The molecular formula is C19H26O3. The van der Waals surface area contributed by atoms with Crippen LogP contribution in [0.3, 0.4) is 0 Å². The quantitative estimate of drug-likeness (QED) is 0.645. The molecule has 3 nitrogen and oxygen atoms in total. The van der Waals surface area contributed by atoms with Gasteiger partial charge in [0.25, 0.3) is 0 Å². The fourth-order valence-corrected chi connectivity index (χ4v) is 7.28. The largest absolute Gasteiger partial charge is 0.365 e. The predicted octanol–water partition coefficient (Wildman–Crippen LogP) is 3.30. The highest BCUT2D eigenvalue weighted by Gasteiger charge is 2.79. The summed E-state index contributed by atoms with van der Waals surface area (Å²) < 4.78 is 6.46. The summed E-state index contributed by atoms with van der Waals surface area (Å²) in [7, 11) is 0. The van der Waals surface area contributed by atoms with Crippen LogP contribution in [0.5, 0.6) is 0 Å². The van der Waals surface area contributed by atoms with Crippen LogP contribution in [0.15, 0.2) is 0 Å². The van der Waals surface area contributed by atoms with Gasteiger partial charge in [0.2, 0.25) is 0 Å². The van der Waals surface area contributed by atoms with Crippen molar-refractivity contribution in [3.8, 4) is 0 Å². The monoisotopic (exact) mass is 302 g/mol. The fourth-order valence-electron chi connectivity index (χ4n) is 7.28. The Morgan fingerprint density at radius 1 is 1.05 bits per heavy atom. The van der Waals surface area contributed by atoms with Gasteiger partial charge in [-0.05, 0) is 49.9 Å². The first-order valence-corrected chi connectivity index (χ1v) is 9.15. The second-order valence-electron chi connectivity index (χ2n) is 9.13. The number of epoxide rings is 1. The summed E-state index contributed by atoms with van der Waals surface area (Å²) in [4.78, 5) is 24.4. The van der Waals surface area contributed by atoms with Crippen LogP contribution < -0.4 is 0 Å². The molecule has 4 saturated carbocycles.